The number of amides is 1. The molecular weight excluding hydrogens is 329 g/mol. The fraction of sp³-hybridized carbons (Fsp3) is 0.353. The van der Waals surface area contributed by atoms with E-state index >= 15 is 0 Å². The molecule has 25 heavy (non-hydrogen) atoms. The summed E-state index contributed by atoms with van der Waals surface area (Å²) in [5.74, 6) is -1.52. The highest BCUT2D eigenvalue weighted by Crippen LogP contribution is 2.30. The summed E-state index contributed by atoms with van der Waals surface area (Å²) in [6.45, 7) is 2.21. The predicted octanol–water partition coefficient (Wildman–Crippen LogP) is 2.00. The molecule has 0 saturated carbocycles. The Balaban J connectivity index is 1.72. The molecule has 3 rings (SSSR count). The number of aliphatic carboxylic acids is 1. The Morgan fingerprint density at radius 2 is 2.08 bits per heavy atom. The van der Waals surface area contributed by atoms with Crippen LogP contribution in [0.5, 0.6) is 5.75 Å². The average molecular weight is 347 g/mol. The maximum atomic E-state index is 13.3. The number of imidazole rings is 1. The van der Waals surface area contributed by atoms with E-state index in [-0.39, 0.29) is 43.4 Å². The van der Waals surface area contributed by atoms with Crippen molar-refractivity contribution >= 4 is 11.9 Å². The molecule has 0 radical (unpaired) electrons. The molecule has 0 spiro atoms. The quantitative estimate of drug-likeness (QED) is 0.882. The van der Waals surface area contributed by atoms with Crippen LogP contribution >= 0.6 is 0 Å². The number of carbonyl (C=O) groups excluding carboxylic acids is 1. The van der Waals surface area contributed by atoms with Gasteiger partial charge in [-0.15, -0.1) is 0 Å². The number of carbonyl (C=O) groups is 2. The van der Waals surface area contributed by atoms with E-state index in [1.807, 2.05) is 0 Å². The SMILES string of the molecule is Cc1cnc(C(=O)N2CCC(Oc3cccc(F)c3)(C(=O)O)CC2)[nH]1. The maximum Gasteiger partial charge on any atom is 0.348 e. The molecule has 2 heterocycles. The summed E-state index contributed by atoms with van der Waals surface area (Å²) in [4.78, 5) is 32.6. The molecule has 2 aromatic rings. The van der Waals surface area contributed by atoms with Gasteiger partial charge in [0.15, 0.2) is 5.82 Å². The Morgan fingerprint density at radius 3 is 2.64 bits per heavy atom. The Morgan fingerprint density at radius 1 is 1.36 bits per heavy atom. The van der Waals surface area contributed by atoms with Crippen LogP contribution in [-0.4, -0.2) is 50.5 Å². The number of rotatable bonds is 4. The van der Waals surface area contributed by atoms with Crippen LogP contribution in [0.3, 0.4) is 0 Å². The molecule has 0 unspecified atom stereocenters. The van der Waals surface area contributed by atoms with Crippen molar-refractivity contribution in [3.8, 4) is 5.75 Å². The molecule has 0 atom stereocenters. The minimum Gasteiger partial charge on any atom is -0.478 e. The summed E-state index contributed by atoms with van der Waals surface area (Å²) < 4.78 is 18.9. The third-order valence-corrected chi connectivity index (χ3v) is 4.26. The van der Waals surface area contributed by atoms with Crippen LogP contribution < -0.4 is 4.74 Å². The van der Waals surface area contributed by atoms with Gasteiger partial charge in [0, 0.05) is 43.9 Å². The summed E-state index contributed by atoms with van der Waals surface area (Å²) in [6, 6.07) is 5.37. The van der Waals surface area contributed by atoms with Crippen LogP contribution in [0.2, 0.25) is 0 Å². The normalized spacial score (nSPS) is 16.5. The minimum atomic E-state index is -1.48. The van der Waals surface area contributed by atoms with Gasteiger partial charge in [0.05, 0.1) is 0 Å². The number of benzene rings is 1. The molecular formula is C17H18FN3O4. The molecule has 1 fully saturated rings. The van der Waals surface area contributed by atoms with E-state index in [1.165, 1.54) is 23.1 Å². The number of piperidine rings is 1. The molecule has 2 N–H and O–H groups in total. The summed E-state index contributed by atoms with van der Waals surface area (Å²) in [5.41, 5.74) is -0.710. The number of carboxylic acid groups (broad SMARTS) is 1. The fourth-order valence-electron chi connectivity index (χ4n) is 2.86. The van der Waals surface area contributed by atoms with Crippen molar-refractivity contribution in [1.29, 1.82) is 0 Å². The van der Waals surface area contributed by atoms with Gasteiger partial charge in [-0.1, -0.05) is 6.07 Å². The summed E-state index contributed by atoms with van der Waals surface area (Å²) in [6.07, 6.45) is 1.76. The first-order chi connectivity index (χ1) is 11.9. The van der Waals surface area contributed by atoms with Gasteiger partial charge in [0.2, 0.25) is 5.60 Å². The zero-order chi connectivity index (χ0) is 18.0. The first kappa shape index (κ1) is 16.9. The van der Waals surface area contributed by atoms with Crippen LogP contribution in [-0.2, 0) is 4.79 Å². The van der Waals surface area contributed by atoms with Crippen molar-refractivity contribution < 1.29 is 23.8 Å². The number of hydrogen-bond donors (Lipinski definition) is 2. The van der Waals surface area contributed by atoms with Gasteiger partial charge in [0.25, 0.3) is 5.91 Å². The second kappa shape index (κ2) is 6.54. The highest BCUT2D eigenvalue weighted by atomic mass is 19.1. The molecule has 0 bridgehead atoms. The van der Waals surface area contributed by atoms with Crippen molar-refractivity contribution in [1.82, 2.24) is 14.9 Å². The number of aromatic nitrogens is 2. The topological polar surface area (TPSA) is 95.5 Å². The Labute approximate surface area is 143 Å². The van der Waals surface area contributed by atoms with Gasteiger partial charge >= 0.3 is 5.97 Å². The number of aromatic amines is 1. The van der Waals surface area contributed by atoms with Crippen molar-refractivity contribution in [2.45, 2.75) is 25.4 Å². The molecule has 8 heteroatoms. The lowest BCUT2D eigenvalue weighted by molar-refractivity contribution is -0.159. The van der Waals surface area contributed by atoms with Gasteiger partial charge in [-0.05, 0) is 19.1 Å². The van der Waals surface area contributed by atoms with Gasteiger partial charge in [-0.3, -0.25) is 4.79 Å². The molecule has 1 amide bonds. The van der Waals surface area contributed by atoms with E-state index in [0.29, 0.717) is 0 Å². The maximum absolute atomic E-state index is 13.3. The lowest BCUT2D eigenvalue weighted by Crippen LogP contribution is -2.54. The van der Waals surface area contributed by atoms with Gasteiger partial charge < -0.3 is 19.7 Å². The third kappa shape index (κ3) is 3.47. The second-order valence-electron chi connectivity index (χ2n) is 6.07. The summed E-state index contributed by atoms with van der Waals surface area (Å²) in [5, 5.41) is 9.62. The van der Waals surface area contributed by atoms with Gasteiger partial charge in [0.1, 0.15) is 11.6 Å². The summed E-state index contributed by atoms with van der Waals surface area (Å²) >= 11 is 0. The predicted molar refractivity (Wildman–Crippen MR) is 85.9 cm³/mol. The van der Waals surface area contributed by atoms with Crippen molar-refractivity contribution in [3.63, 3.8) is 0 Å². The zero-order valence-electron chi connectivity index (χ0n) is 13.7. The standard InChI is InChI=1S/C17H18FN3O4/c1-11-10-19-14(20-11)15(22)21-7-5-17(6-8-21,16(23)24)25-13-4-2-3-12(18)9-13/h2-4,9-10H,5-8H2,1H3,(H,19,20)(H,23,24). The number of hydrogen-bond acceptors (Lipinski definition) is 4. The lowest BCUT2D eigenvalue weighted by Gasteiger charge is -2.38. The Hall–Kier alpha value is -2.90. The zero-order valence-corrected chi connectivity index (χ0v) is 13.7. The number of nitrogens with one attached hydrogen (secondary N) is 1. The Bertz CT molecular complexity index is 797. The highest BCUT2D eigenvalue weighted by molar-refractivity contribution is 5.91. The first-order valence-corrected chi connectivity index (χ1v) is 7.88. The molecule has 1 aliphatic heterocycles. The minimum absolute atomic E-state index is 0.101. The Kier molecular flexibility index (Phi) is 4.43. The van der Waals surface area contributed by atoms with Crippen LogP contribution in [0.15, 0.2) is 30.5 Å². The molecule has 1 aromatic heterocycles. The van der Waals surface area contributed by atoms with E-state index in [1.54, 1.807) is 13.1 Å². The van der Waals surface area contributed by atoms with E-state index in [4.69, 9.17) is 4.74 Å². The lowest BCUT2D eigenvalue weighted by atomic mass is 9.91. The van der Waals surface area contributed by atoms with Gasteiger partial charge in [-0.25, -0.2) is 14.2 Å². The molecule has 132 valence electrons. The number of aryl methyl sites for hydroxylation is 1. The average Bonchev–Trinajstić information content (AvgIpc) is 3.01. The molecule has 1 saturated heterocycles. The van der Waals surface area contributed by atoms with Crippen molar-refractivity contribution in [3.05, 3.63) is 47.8 Å². The van der Waals surface area contributed by atoms with Crippen LogP contribution in [0.25, 0.3) is 0 Å². The number of H-pyrrole nitrogens is 1. The molecule has 1 aliphatic rings. The smallest absolute Gasteiger partial charge is 0.348 e. The number of carboxylic acids is 1. The second-order valence-corrected chi connectivity index (χ2v) is 6.07. The van der Waals surface area contributed by atoms with Crippen molar-refractivity contribution in [2.24, 2.45) is 0 Å². The molecule has 0 aliphatic carbocycles. The summed E-state index contributed by atoms with van der Waals surface area (Å²) in [7, 11) is 0. The largest absolute Gasteiger partial charge is 0.478 e. The van der Waals surface area contributed by atoms with E-state index in [0.717, 1.165) is 11.8 Å². The van der Waals surface area contributed by atoms with E-state index < -0.39 is 17.4 Å². The van der Waals surface area contributed by atoms with Crippen molar-refractivity contribution in [2.75, 3.05) is 13.1 Å². The highest BCUT2D eigenvalue weighted by Gasteiger charge is 2.45. The number of ether oxygens (including phenoxy) is 1. The number of likely N-dealkylation sites (tertiary alicyclic amines) is 1. The van der Waals surface area contributed by atoms with Crippen LogP contribution in [0.4, 0.5) is 4.39 Å². The van der Waals surface area contributed by atoms with E-state index in [9.17, 15) is 19.1 Å². The third-order valence-electron chi connectivity index (χ3n) is 4.26. The first-order valence-electron chi connectivity index (χ1n) is 7.88. The van der Waals surface area contributed by atoms with Crippen LogP contribution in [0.1, 0.15) is 29.2 Å². The molecule has 1 aromatic carbocycles. The number of nitrogens with zero attached hydrogens (tertiary/aromatic N) is 2. The molecule has 7 nitrogen and oxygen atoms in total. The van der Waals surface area contributed by atoms with E-state index in [2.05, 4.69) is 9.97 Å². The van der Waals surface area contributed by atoms with Gasteiger partial charge in [-0.2, -0.15) is 0 Å². The monoisotopic (exact) mass is 347 g/mol. The fourth-order valence-corrected chi connectivity index (χ4v) is 2.86. The number of halogens is 1. The van der Waals surface area contributed by atoms with Crippen LogP contribution in [0, 0.1) is 12.7 Å².